The summed E-state index contributed by atoms with van der Waals surface area (Å²) in [6.07, 6.45) is 1.55. The molecule has 0 radical (unpaired) electrons. The van der Waals surface area contributed by atoms with Crippen LogP contribution in [0.1, 0.15) is 16.2 Å². The normalized spacial score (nSPS) is 10.4. The predicted octanol–water partition coefficient (Wildman–Crippen LogP) is 3.93. The molecule has 0 atom stereocenters. The Kier molecular flexibility index (Phi) is 5.07. The van der Waals surface area contributed by atoms with Crippen LogP contribution in [0, 0.1) is 0 Å². The minimum absolute atomic E-state index is 0.128. The molecule has 0 fully saturated rings. The molecule has 2 amide bonds. The predicted molar refractivity (Wildman–Crippen MR) is 95.3 cm³/mol. The summed E-state index contributed by atoms with van der Waals surface area (Å²) < 4.78 is 5.95. The number of aromatic nitrogens is 1. The van der Waals surface area contributed by atoms with E-state index in [0.717, 1.165) is 4.47 Å². The van der Waals surface area contributed by atoms with Crippen molar-refractivity contribution in [1.82, 2.24) is 4.98 Å². The van der Waals surface area contributed by atoms with E-state index in [-0.39, 0.29) is 24.0 Å². The second-order valence-electron chi connectivity index (χ2n) is 4.81. The van der Waals surface area contributed by atoms with Gasteiger partial charge in [-0.2, -0.15) is 0 Å². The molecule has 1 aromatic carbocycles. The molecule has 2 N–H and O–H groups in total. The van der Waals surface area contributed by atoms with Crippen LogP contribution in [0.4, 0.5) is 10.8 Å². The van der Waals surface area contributed by atoms with Crippen LogP contribution in [0.15, 0.2) is 56.9 Å². The molecule has 6 nitrogen and oxygen atoms in total. The van der Waals surface area contributed by atoms with Gasteiger partial charge in [0.1, 0.15) is 0 Å². The average molecular weight is 406 g/mol. The molecule has 122 valence electrons. The Morgan fingerprint density at radius 2 is 1.96 bits per heavy atom. The zero-order chi connectivity index (χ0) is 16.9. The molecule has 8 heteroatoms. The standard InChI is InChI=1S/C16H12BrN3O3S/c17-10-3-5-11(6-4-10)18-14(21)8-12-9-24-16(19-12)20-15(22)13-2-1-7-23-13/h1-7,9H,8H2,(H,18,21)(H,19,20,22). The number of amides is 2. The fraction of sp³-hybridized carbons (Fsp3) is 0.0625. The van der Waals surface area contributed by atoms with Crippen molar-refractivity contribution >= 4 is 49.9 Å². The number of halogens is 1. The van der Waals surface area contributed by atoms with Crippen molar-refractivity contribution in [1.29, 1.82) is 0 Å². The number of rotatable bonds is 5. The summed E-state index contributed by atoms with van der Waals surface area (Å²) in [7, 11) is 0. The van der Waals surface area contributed by atoms with Gasteiger partial charge in [0.15, 0.2) is 10.9 Å². The Balaban J connectivity index is 1.56. The maximum Gasteiger partial charge on any atom is 0.293 e. The summed E-state index contributed by atoms with van der Waals surface area (Å²) in [5.41, 5.74) is 1.30. The van der Waals surface area contributed by atoms with Gasteiger partial charge >= 0.3 is 0 Å². The second kappa shape index (κ2) is 7.41. The second-order valence-corrected chi connectivity index (χ2v) is 6.58. The van der Waals surface area contributed by atoms with Crippen molar-refractivity contribution in [3.8, 4) is 0 Å². The molecule has 3 rings (SSSR count). The number of hydrogen-bond donors (Lipinski definition) is 2. The lowest BCUT2D eigenvalue weighted by molar-refractivity contribution is -0.115. The highest BCUT2D eigenvalue weighted by atomic mass is 79.9. The summed E-state index contributed by atoms with van der Waals surface area (Å²) in [5, 5.41) is 7.58. The lowest BCUT2D eigenvalue weighted by Gasteiger charge is -2.03. The van der Waals surface area contributed by atoms with Crippen LogP contribution in [0.2, 0.25) is 0 Å². The maximum absolute atomic E-state index is 12.0. The minimum Gasteiger partial charge on any atom is -0.459 e. The third kappa shape index (κ3) is 4.30. The smallest absolute Gasteiger partial charge is 0.293 e. The van der Waals surface area contributed by atoms with Gasteiger partial charge in [0.05, 0.1) is 18.4 Å². The molecule has 0 aliphatic carbocycles. The van der Waals surface area contributed by atoms with E-state index in [0.29, 0.717) is 16.5 Å². The van der Waals surface area contributed by atoms with E-state index >= 15 is 0 Å². The summed E-state index contributed by atoms with van der Waals surface area (Å²) in [6.45, 7) is 0. The minimum atomic E-state index is -0.375. The van der Waals surface area contributed by atoms with Gasteiger partial charge in [0.2, 0.25) is 5.91 Å². The van der Waals surface area contributed by atoms with Crippen LogP contribution in [0.5, 0.6) is 0 Å². The highest BCUT2D eigenvalue weighted by Crippen LogP contribution is 2.18. The number of hydrogen-bond acceptors (Lipinski definition) is 5. The first-order valence-corrected chi connectivity index (χ1v) is 8.62. The van der Waals surface area contributed by atoms with Gasteiger partial charge < -0.3 is 9.73 Å². The molecule has 24 heavy (non-hydrogen) atoms. The SMILES string of the molecule is O=C(Cc1csc(NC(=O)c2ccco2)n1)Nc1ccc(Br)cc1. The number of thiazole rings is 1. The first kappa shape index (κ1) is 16.4. The van der Waals surface area contributed by atoms with E-state index in [2.05, 4.69) is 31.5 Å². The first-order chi connectivity index (χ1) is 11.6. The number of nitrogens with zero attached hydrogens (tertiary/aromatic N) is 1. The number of anilines is 2. The van der Waals surface area contributed by atoms with Crippen molar-refractivity contribution in [2.24, 2.45) is 0 Å². The van der Waals surface area contributed by atoms with Crippen molar-refractivity contribution in [2.75, 3.05) is 10.6 Å². The molecule has 3 aromatic rings. The zero-order valence-electron chi connectivity index (χ0n) is 12.3. The summed E-state index contributed by atoms with van der Waals surface area (Å²) in [5.74, 6) is -0.341. The summed E-state index contributed by atoms with van der Waals surface area (Å²) >= 11 is 4.59. The fourth-order valence-electron chi connectivity index (χ4n) is 1.91. The lowest BCUT2D eigenvalue weighted by Crippen LogP contribution is -2.15. The van der Waals surface area contributed by atoms with Crippen LogP contribution in [0.25, 0.3) is 0 Å². The lowest BCUT2D eigenvalue weighted by atomic mass is 10.3. The first-order valence-electron chi connectivity index (χ1n) is 6.95. The highest BCUT2D eigenvalue weighted by molar-refractivity contribution is 9.10. The van der Waals surface area contributed by atoms with E-state index in [1.165, 1.54) is 17.6 Å². The van der Waals surface area contributed by atoms with Gasteiger partial charge in [-0.3, -0.25) is 14.9 Å². The molecule has 0 saturated heterocycles. The van der Waals surface area contributed by atoms with Gasteiger partial charge in [-0.05, 0) is 36.4 Å². The third-order valence-electron chi connectivity index (χ3n) is 2.99. The summed E-state index contributed by atoms with van der Waals surface area (Å²) in [6, 6.07) is 10.5. The third-order valence-corrected chi connectivity index (χ3v) is 4.32. The number of nitrogens with one attached hydrogen (secondary N) is 2. The number of furan rings is 1. The van der Waals surface area contributed by atoms with E-state index < -0.39 is 0 Å². The molecule has 0 bridgehead atoms. The van der Waals surface area contributed by atoms with E-state index in [9.17, 15) is 9.59 Å². The highest BCUT2D eigenvalue weighted by Gasteiger charge is 2.13. The quantitative estimate of drug-likeness (QED) is 0.673. The number of carbonyl (C=O) groups excluding carboxylic acids is 2. The van der Waals surface area contributed by atoms with Crippen molar-refractivity contribution in [3.63, 3.8) is 0 Å². The summed E-state index contributed by atoms with van der Waals surface area (Å²) in [4.78, 5) is 28.1. The Bertz CT molecular complexity index is 844. The Labute approximate surface area is 150 Å². The maximum atomic E-state index is 12.0. The van der Waals surface area contributed by atoms with Crippen molar-refractivity contribution in [3.05, 3.63) is 64.0 Å². The van der Waals surface area contributed by atoms with Crippen LogP contribution in [0.3, 0.4) is 0 Å². The molecule has 0 spiro atoms. The number of benzene rings is 1. The number of carbonyl (C=O) groups is 2. The fourth-order valence-corrected chi connectivity index (χ4v) is 2.88. The van der Waals surface area contributed by atoms with Crippen LogP contribution >= 0.6 is 27.3 Å². The van der Waals surface area contributed by atoms with Crippen LogP contribution in [-0.4, -0.2) is 16.8 Å². The molecule has 2 heterocycles. The molecule has 0 unspecified atom stereocenters. The van der Waals surface area contributed by atoms with Gasteiger partial charge in [-0.15, -0.1) is 11.3 Å². The molecule has 2 aromatic heterocycles. The van der Waals surface area contributed by atoms with Crippen LogP contribution < -0.4 is 10.6 Å². The zero-order valence-corrected chi connectivity index (χ0v) is 14.7. The van der Waals surface area contributed by atoms with Gasteiger partial charge in [0.25, 0.3) is 5.91 Å². The Morgan fingerprint density at radius 3 is 2.67 bits per heavy atom. The van der Waals surface area contributed by atoms with Crippen molar-refractivity contribution < 1.29 is 14.0 Å². The van der Waals surface area contributed by atoms with E-state index in [1.54, 1.807) is 29.6 Å². The molecule has 0 aliphatic heterocycles. The molecular formula is C16H12BrN3O3S. The Hall–Kier alpha value is -2.45. The molecule has 0 aliphatic rings. The monoisotopic (exact) mass is 405 g/mol. The van der Waals surface area contributed by atoms with Gasteiger partial charge in [0, 0.05) is 15.5 Å². The van der Waals surface area contributed by atoms with E-state index in [1.807, 2.05) is 12.1 Å². The topological polar surface area (TPSA) is 84.2 Å². The van der Waals surface area contributed by atoms with Crippen molar-refractivity contribution in [2.45, 2.75) is 6.42 Å². The average Bonchev–Trinajstić information content (AvgIpc) is 3.21. The molecular weight excluding hydrogens is 394 g/mol. The van der Waals surface area contributed by atoms with E-state index in [4.69, 9.17) is 4.42 Å². The van der Waals surface area contributed by atoms with Gasteiger partial charge in [-0.25, -0.2) is 4.98 Å². The Morgan fingerprint density at radius 1 is 1.17 bits per heavy atom. The van der Waals surface area contributed by atoms with Crippen LogP contribution in [-0.2, 0) is 11.2 Å². The van der Waals surface area contributed by atoms with Gasteiger partial charge in [-0.1, -0.05) is 15.9 Å². The largest absolute Gasteiger partial charge is 0.459 e. The molecule has 0 saturated carbocycles.